The van der Waals surface area contributed by atoms with E-state index in [1.54, 1.807) is 18.2 Å². The van der Waals surface area contributed by atoms with E-state index in [0.717, 1.165) is 10.9 Å². The summed E-state index contributed by atoms with van der Waals surface area (Å²) in [5.74, 6) is -1.25. The first-order valence-electron chi connectivity index (χ1n) is 7.73. The molecule has 0 saturated carbocycles. The van der Waals surface area contributed by atoms with Gasteiger partial charge < -0.3 is 10.4 Å². The maximum absolute atomic E-state index is 12.1. The zero-order valence-corrected chi connectivity index (χ0v) is 13.0. The second kappa shape index (κ2) is 6.96. The third-order valence-corrected chi connectivity index (χ3v) is 3.89. The van der Waals surface area contributed by atoms with Crippen LogP contribution in [0.5, 0.6) is 0 Å². The van der Waals surface area contributed by atoms with Gasteiger partial charge in [0.2, 0.25) is 5.91 Å². The van der Waals surface area contributed by atoms with Crippen LogP contribution in [-0.4, -0.2) is 17.0 Å². The third-order valence-electron chi connectivity index (χ3n) is 3.89. The highest BCUT2D eigenvalue weighted by Gasteiger charge is 2.11. The summed E-state index contributed by atoms with van der Waals surface area (Å²) in [5, 5.41) is 14.1. The molecule has 0 fully saturated rings. The van der Waals surface area contributed by atoms with Crippen LogP contribution in [0.4, 0.5) is 5.69 Å². The number of aromatic carboxylic acids is 1. The molecule has 0 saturated heterocycles. The first-order chi connectivity index (χ1) is 11.6. The molecule has 0 spiro atoms. The monoisotopic (exact) mass is 319 g/mol. The molecule has 0 aromatic heterocycles. The Morgan fingerprint density at radius 3 is 2.38 bits per heavy atom. The van der Waals surface area contributed by atoms with Crippen LogP contribution in [0.25, 0.3) is 10.8 Å². The molecule has 3 rings (SSSR count). The summed E-state index contributed by atoms with van der Waals surface area (Å²) in [6.07, 6.45) is 0.901. The number of nitrogens with one attached hydrogen (secondary N) is 1. The number of carbonyl (C=O) groups is 2. The summed E-state index contributed by atoms with van der Waals surface area (Å²) in [5.41, 5.74) is 1.50. The lowest BCUT2D eigenvalue weighted by molar-refractivity contribution is -0.116. The van der Waals surface area contributed by atoms with Crippen LogP contribution < -0.4 is 5.32 Å². The highest BCUT2D eigenvalue weighted by molar-refractivity contribution is 6.00. The molecule has 1 amide bonds. The SMILES string of the molecule is O=C(CCc1ccc2ccccc2c1)Nc1ccccc1C(=O)O. The molecule has 0 aliphatic carbocycles. The van der Waals surface area contributed by atoms with E-state index >= 15 is 0 Å². The Morgan fingerprint density at radius 2 is 1.58 bits per heavy atom. The smallest absolute Gasteiger partial charge is 0.337 e. The lowest BCUT2D eigenvalue weighted by atomic mass is 10.0. The number of para-hydroxylation sites is 1. The highest BCUT2D eigenvalue weighted by Crippen LogP contribution is 2.18. The van der Waals surface area contributed by atoms with E-state index in [1.165, 1.54) is 11.5 Å². The van der Waals surface area contributed by atoms with Crippen LogP contribution in [0.2, 0.25) is 0 Å². The van der Waals surface area contributed by atoms with E-state index in [2.05, 4.69) is 17.4 Å². The minimum atomic E-state index is -1.06. The predicted octanol–water partition coefficient (Wildman–Crippen LogP) is 4.11. The van der Waals surface area contributed by atoms with Gasteiger partial charge in [0, 0.05) is 6.42 Å². The number of benzene rings is 3. The molecule has 0 heterocycles. The molecule has 0 atom stereocenters. The van der Waals surface area contributed by atoms with Gasteiger partial charge in [-0.1, -0.05) is 54.6 Å². The lowest BCUT2D eigenvalue weighted by Gasteiger charge is -2.08. The fourth-order valence-electron chi connectivity index (χ4n) is 2.64. The van der Waals surface area contributed by atoms with Crippen LogP contribution in [0.1, 0.15) is 22.3 Å². The van der Waals surface area contributed by atoms with Crippen LogP contribution in [0.15, 0.2) is 66.7 Å². The van der Waals surface area contributed by atoms with Crippen molar-refractivity contribution in [3.63, 3.8) is 0 Å². The second-order valence-corrected chi connectivity index (χ2v) is 5.58. The zero-order chi connectivity index (χ0) is 16.9. The minimum absolute atomic E-state index is 0.0940. The average Bonchev–Trinajstić information content (AvgIpc) is 2.60. The quantitative estimate of drug-likeness (QED) is 0.744. The first kappa shape index (κ1) is 15.7. The number of carbonyl (C=O) groups excluding carboxylic acids is 1. The van der Waals surface area contributed by atoms with E-state index in [-0.39, 0.29) is 11.5 Å². The number of hydrogen-bond acceptors (Lipinski definition) is 2. The van der Waals surface area contributed by atoms with Gasteiger partial charge in [-0.25, -0.2) is 4.79 Å². The van der Waals surface area contributed by atoms with Crippen molar-refractivity contribution in [2.45, 2.75) is 12.8 Å². The molecular weight excluding hydrogens is 302 g/mol. The molecular formula is C20H17NO3. The standard InChI is InChI=1S/C20H17NO3/c22-19(21-18-8-4-3-7-17(18)20(23)24)12-10-14-9-11-15-5-1-2-6-16(15)13-14/h1-9,11,13H,10,12H2,(H,21,22)(H,23,24). The van der Waals surface area contributed by atoms with Gasteiger partial charge >= 0.3 is 5.97 Å². The topological polar surface area (TPSA) is 66.4 Å². The molecule has 4 heteroatoms. The molecule has 4 nitrogen and oxygen atoms in total. The number of rotatable bonds is 5. The van der Waals surface area contributed by atoms with E-state index in [4.69, 9.17) is 5.11 Å². The summed E-state index contributed by atoms with van der Waals surface area (Å²) in [7, 11) is 0. The van der Waals surface area contributed by atoms with Crippen molar-refractivity contribution in [2.75, 3.05) is 5.32 Å². The molecule has 0 aliphatic heterocycles. The molecule has 0 unspecified atom stereocenters. The molecule has 2 N–H and O–H groups in total. The molecule has 0 bridgehead atoms. The Balaban J connectivity index is 1.66. The molecule has 3 aromatic carbocycles. The van der Waals surface area contributed by atoms with Gasteiger partial charge in [-0.05, 0) is 34.9 Å². The van der Waals surface area contributed by atoms with Gasteiger partial charge in [0.15, 0.2) is 0 Å². The number of aryl methyl sites for hydroxylation is 1. The summed E-state index contributed by atoms with van der Waals surface area (Å²) in [6, 6.07) is 20.6. The number of carboxylic acid groups (broad SMARTS) is 1. The maximum Gasteiger partial charge on any atom is 0.337 e. The van der Waals surface area contributed by atoms with Crippen LogP contribution in [0.3, 0.4) is 0 Å². The number of amides is 1. The Hall–Kier alpha value is -3.14. The van der Waals surface area contributed by atoms with Gasteiger partial charge in [0.1, 0.15) is 0 Å². The Labute approximate surface area is 139 Å². The molecule has 0 aliphatic rings. The maximum atomic E-state index is 12.1. The van der Waals surface area contributed by atoms with Crippen molar-refractivity contribution in [1.29, 1.82) is 0 Å². The van der Waals surface area contributed by atoms with E-state index in [9.17, 15) is 9.59 Å². The normalized spacial score (nSPS) is 10.5. The van der Waals surface area contributed by atoms with E-state index in [0.29, 0.717) is 18.5 Å². The third kappa shape index (κ3) is 3.60. The van der Waals surface area contributed by atoms with Crippen molar-refractivity contribution in [2.24, 2.45) is 0 Å². The van der Waals surface area contributed by atoms with Crippen molar-refractivity contribution in [1.82, 2.24) is 0 Å². The second-order valence-electron chi connectivity index (χ2n) is 5.58. The van der Waals surface area contributed by atoms with Crippen LogP contribution in [0, 0.1) is 0 Å². The number of hydrogen-bond donors (Lipinski definition) is 2. The zero-order valence-electron chi connectivity index (χ0n) is 13.0. The number of fused-ring (bicyclic) bond motifs is 1. The highest BCUT2D eigenvalue weighted by atomic mass is 16.4. The van der Waals surface area contributed by atoms with Gasteiger partial charge in [0.25, 0.3) is 0 Å². The molecule has 0 radical (unpaired) electrons. The summed E-state index contributed by atoms with van der Waals surface area (Å²) in [6.45, 7) is 0. The largest absolute Gasteiger partial charge is 0.478 e. The predicted molar refractivity (Wildman–Crippen MR) is 94.3 cm³/mol. The van der Waals surface area contributed by atoms with Gasteiger partial charge in [-0.2, -0.15) is 0 Å². The van der Waals surface area contributed by atoms with Crippen molar-refractivity contribution in [3.05, 3.63) is 77.9 Å². The van der Waals surface area contributed by atoms with E-state index < -0.39 is 5.97 Å². The van der Waals surface area contributed by atoms with Gasteiger partial charge in [-0.3, -0.25) is 4.79 Å². The summed E-state index contributed by atoms with van der Waals surface area (Å²) >= 11 is 0. The molecule has 3 aromatic rings. The molecule has 24 heavy (non-hydrogen) atoms. The first-order valence-corrected chi connectivity index (χ1v) is 7.73. The fraction of sp³-hybridized carbons (Fsp3) is 0.100. The Kier molecular flexibility index (Phi) is 4.57. The fourth-order valence-corrected chi connectivity index (χ4v) is 2.64. The minimum Gasteiger partial charge on any atom is -0.478 e. The van der Waals surface area contributed by atoms with Crippen molar-refractivity contribution < 1.29 is 14.7 Å². The van der Waals surface area contributed by atoms with Gasteiger partial charge in [-0.15, -0.1) is 0 Å². The van der Waals surface area contributed by atoms with Crippen LogP contribution >= 0.6 is 0 Å². The van der Waals surface area contributed by atoms with E-state index in [1.807, 2.05) is 30.3 Å². The Bertz CT molecular complexity index is 902. The number of carboxylic acids is 1. The number of anilines is 1. The summed E-state index contributed by atoms with van der Waals surface area (Å²) in [4.78, 5) is 23.3. The Morgan fingerprint density at radius 1 is 0.875 bits per heavy atom. The molecule has 120 valence electrons. The lowest BCUT2D eigenvalue weighted by Crippen LogP contribution is -2.15. The average molecular weight is 319 g/mol. The van der Waals surface area contributed by atoms with Crippen LogP contribution in [-0.2, 0) is 11.2 Å². The van der Waals surface area contributed by atoms with Crippen molar-refractivity contribution in [3.8, 4) is 0 Å². The van der Waals surface area contributed by atoms with Crippen molar-refractivity contribution >= 4 is 28.3 Å². The van der Waals surface area contributed by atoms with Gasteiger partial charge in [0.05, 0.1) is 11.3 Å². The summed E-state index contributed by atoms with van der Waals surface area (Å²) < 4.78 is 0.